The molecule has 5 heteroatoms. The van der Waals surface area contributed by atoms with Crippen LogP contribution >= 0.6 is 0 Å². The number of aryl methyl sites for hydroxylation is 3. The van der Waals surface area contributed by atoms with Gasteiger partial charge >= 0.3 is 0 Å². The van der Waals surface area contributed by atoms with Crippen LogP contribution in [0.2, 0.25) is 0 Å². The number of carbonyl (C=O) groups is 1. The minimum Gasteiger partial charge on any atom is -0.312 e. The molecule has 0 spiro atoms. The van der Waals surface area contributed by atoms with Crippen molar-refractivity contribution in [3.8, 4) is 0 Å². The van der Waals surface area contributed by atoms with Gasteiger partial charge in [0.25, 0.3) is 0 Å². The van der Waals surface area contributed by atoms with Crippen molar-refractivity contribution in [2.75, 3.05) is 20.6 Å². The first-order valence-corrected chi connectivity index (χ1v) is 11.9. The van der Waals surface area contributed by atoms with Crippen molar-refractivity contribution in [1.29, 1.82) is 0 Å². The maximum absolute atomic E-state index is 13.1. The summed E-state index contributed by atoms with van der Waals surface area (Å²) in [7, 11) is 4.14. The van der Waals surface area contributed by atoms with Crippen LogP contribution in [0.4, 0.5) is 0 Å². The van der Waals surface area contributed by atoms with E-state index in [0.29, 0.717) is 24.8 Å². The average molecular weight is 425 g/mol. The number of rotatable bonds is 12. The monoisotopic (exact) mass is 424 g/mol. The molecule has 31 heavy (non-hydrogen) atoms. The van der Waals surface area contributed by atoms with Gasteiger partial charge in [0.05, 0.1) is 0 Å². The number of benzene rings is 1. The Balaban J connectivity index is 1.77. The quantitative estimate of drug-likeness (QED) is 0.478. The summed E-state index contributed by atoms with van der Waals surface area (Å²) in [6.45, 7) is 9.54. The van der Waals surface area contributed by atoms with E-state index in [4.69, 9.17) is 0 Å². The normalized spacial score (nSPS) is 15.1. The van der Waals surface area contributed by atoms with E-state index in [0.717, 1.165) is 36.6 Å². The van der Waals surface area contributed by atoms with Crippen molar-refractivity contribution >= 4 is 5.78 Å². The van der Waals surface area contributed by atoms with Gasteiger partial charge in [-0.05, 0) is 64.3 Å². The number of aromatic nitrogens is 3. The summed E-state index contributed by atoms with van der Waals surface area (Å²) in [6.07, 6.45) is 6.75. The van der Waals surface area contributed by atoms with Crippen LogP contribution in [0.1, 0.15) is 86.3 Å². The fourth-order valence-corrected chi connectivity index (χ4v) is 4.47. The van der Waals surface area contributed by atoms with Crippen LogP contribution in [-0.4, -0.2) is 46.1 Å². The lowest BCUT2D eigenvalue weighted by Crippen LogP contribution is -2.26. The van der Waals surface area contributed by atoms with Gasteiger partial charge in [-0.25, -0.2) is 0 Å². The van der Waals surface area contributed by atoms with E-state index in [1.165, 1.54) is 30.4 Å². The molecule has 1 unspecified atom stereocenters. The molecule has 1 aromatic heterocycles. The topological polar surface area (TPSA) is 51.0 Å². The Hall–Kier alpha value is -2.01. The second kappa shape index (κ2) is 10.5. The van der Waals surface area contributed by atoms with Gasteiger partial charge < -0.3 is 9.47 Å². The third-order valence-electron chi connectivity index (χ3n) is 6.20. The summed E-state index contributed by atoms with van der Waals surface area (Å²) >= 11 is 0. The zero-order valence-electron chi connectivity index (χ0n) is 20.3. The highest BCUT2D eigenvalue weighted by molar-refractivity contribution is 5.82. The predicted octanol–water partition coefficient (Wildman–Crippen LogP) is 5.06. The fraction of sp³-hybridized carbons (Fsp3) is 0.654. The molecule has 0 bridgehead atoms. The first-order valence-electron chi connectivity index (χ1n) is 11.9. The number of nitrogens with zero attached hydrogens (tertiary/aromatic N) is 4. The number of Topliss-reactive ketones (excluding diaryl/α,β-unsaturated/α-hetero) is 1. The highest BCUT2D eigenvalue weighted by atomic mass is 16.1. The van der Waals surface area contributed by atoms with Crippen LogP contribution in [-0.2, 0) is 17.6 Å². The van der Waals surface area contributed by atoms with Gasteiger partial charge in [-0.2, -0.15) is 0 Å². The third-order valence-corrected chi connectivity index (χ3v) is 6.20. The summed E-state index contributed by atoms with van der Waals surface area (Å²) < 4.78 is 2.39. The molecule has 170 valence electrons. The highest BCUT2D eigenvalue weighted by Gasteiger charge is 2.33. The Kier molecular flexibility index (Phi) is 8.04. The van der Waals surface area contributed by atoms with Gasteiger partial charge in [0, 0.05) is 37.8 Å². The molecule has 1 fully saturated rings. The van der Waals surface area contributed by atoms with Gasteiger partial charge in [0.2, 0.25) is 0 Å². The maximum atomic E-state index is 13.1. The fourth-order valence-electron chi connectivity index (χ4n) is 4.47. The molecule has 1 saturated carbocycles. The molecule has 3 rings (SSSR count). The molecule has 0 N–H and O–H groups in total. The zero-order valence-corrected chi connectivity index (χ0v) is 20.3. The zero-order chi connectivity index (χ0) is 22.5. The third kappa shape index (κ3) is 6.73. The van der Waals surface area contributed by atoms with Crippen molar-refractivity contribution in [3.63, 3.8) is 0 Å². The molecule has 2 aromatic rings. The van der Waals surface area contributed by atoms with Crippen LogP contribution < -0.4 is 0 Å². The van der Waals surface area contributed by atoms with Gasteiger partial charge in [0.15, 0.2) is 0 Å². The van der Waals surface area contributed by atoms with E-state index >= 15 is 0 Å². The lowest BCUT2D eigenvalue weighted by Gasteiger charge is -2.21. The minimum atomic E-state index is 0.0835. The lowest BCUT2D eigenvalue weighted by atomic mass is 9.94. The Morgan fingerprint density at radius 2 is 1.94 bits per heavy atom. The van der Waals surface area contributed by atoms with E-state index in [1.54, 1.807) is 0 Å². The van der Waals surface area contributed by atoms with Crippen LogP contribution in [0.5, 0.6) is 0 Å². The maximum Gasteiger partial charge on any atom is 0.138 e. The van der Waals surface area contributed by atoms with Crippen molar-refractivity contribution in [3.05, 3.63) is 46.5 Å². The number of carbonyl (C=O) groups excluding carboxylic acids is 1. The first-order chi connectivity index (χ1) is 14.7. The molecule has 5 nitrogen and oxygen atoms in total. The molecule has 0 aliphatic heterocycles. The van der Waals surface area contributed by atoms with Crippen molar-refractivity contribution in [1.82, 2.24) is 19.7 Å². The SMILES string of the molecule is Cc1ccc(CC(=O)CC(CN(C)C)c2nnc(CCCC(C)C)n2C2CC2)c(C)c1. The molecule has 1 atom stereocenters. The summed E-state index contributed by atoms with van der Waals surface area (Å²) in [4.78, 5) is 15.3. The number of hydrogen-bond acceptors (Lipinski definition) is 4. The van der Waals surface area contributed by atoms with Crippen LogP contribution in [0.25, 0.3) is 0 Å². The molecule has 0 amide bonds. The molecule has 1 heterocycles. The summed E-state index contributed by atoms with van der Waals surface area (Å²) in [5.41, 5.74) is 3.57. The van der Waals surface area contributed by atoms with Crippen LogP contribution in [0, 0.1) is 19.8 Å². The van der Waals surface area contributed by atoms with Gasteiger partial charge in [-0.15, -0.1) is 10.2 Å². The Labute approximate surface area is 188 Å². The molecule has 1 aliphatic rings. The number of ketones is 1. The Morgan fingerprint density at radius 3 is 2.55 bits per heavy atom. The standard InChI is InChI=1S/C26H40N4O/c1-18(2)8-7-9-25-27-28-26(30(25)23-12-13-23)22(17-29(5)6)16-24(31)15-21-11-10-19(3)14-20(21)4/h10-11,14,18,22-23H,7-9,12-13,15-17H2,1-6H3. The van der Waals surface area contributed by atoms with Crippen molar-refractivity contribution in [2.24, 2.45) is 5.92 Å². The molecule has 0 radical (unpaired) electrons. The largest absolute Gasteiger partial charge is 0.312 e. The number of likely N-dealkylation sites (N-methyl/N-ethyl adjacent to an activating group) is 1. The van der Waals surface area contributed by atoms with E-state index in [-0.39, 0.29) is 11.7 Å². The van der Waals surface area contributed by atoms with Gasteiger partial charge in [0.1, 0.15) is 17.4 Å². The predicted molar refractivity (Wildman–Crippen MR) is 127 cm³/mol. The molecular formula is C26H40N4O. The van der Waals surface area contributed by atoms with Crippen LogP contribution in [0.15, 0.2) is 18.2 Å². The second-order valence-corrected chi connectivity index (χ2v) is 10.2. The molecular weight excluding hydrogens is 384 g/mol. The van der Waals surface area contributed by atoms with E-state index in [1.807, 2.05) is 0 Å². The summed E-state index contributed by atoms with van der Waals surface area (Å²) in [6, 6.07) is 6.88. The summed E-state index contributed by atoms with van der Waals surface area (Å²) in [5.74, 6) is 3.21. The van der Waals surface area contributed by atoms with E-state index in [9.17, 15) is 4.79 Å². The van der Waals surface area contributed by atoms with Crippen molar-refractivity contribution < 1.29 is 4.79 Å². The lowest BCUT2D eigenvalue weighted by molar-refractivity contribution is -0.118. The second-order valence-electron chi connectivity index (χ2n) is 10.2. The molecule has 1 aromatic carbocycles. The summed E-state index contributed by atoms with van der Waals surface area (Å²) in [5, 5.41) is 9.25. The van der Waals surface area contributed by atoms with Gasteiger partial charge in [-0.3, -0.25) is 4.79 Å². The average Bonchev–Trinajstić information content (AvgIpc) is 3.42. The first kappa shape index (κ1) is 23.6. The Morgan fingerprint density at radius 1 is 1.19 bits per heavy atom. The Bertz CT molecular complexity index is 880. The smallest absolute Gasteiger partial charge is 0.138 e. The van der Waals surface area contributed by atoms with Gasteiger partial charge in [-0.1, -0.05) is 44.0 Å². The minimum absolute atomic E-state index is 0.0835. The van der Waals surface area contributed by atoms with E-state index < -0.39 is 0 Å². The van der Waals surface area contributed by atoms with Crippen LogP contribution in [0.3, 0.4) is 0 Å². The molecule has 0 saturated heterocycles. The number of hydrogen-bond donors (Lipinski definition) is 0. The molecule has 1 aliphatic carbocycles. The van der Waals surface area contributed by atoms with E-state index in [2.05, 4.69) is 79.7 Å². The highest BCUT2D eigenvalue weighted by Crippen LogP contribution is 2.39. The van der Waals surface area contributed by atoms with Crippen molar-refractivity contribution in [2.45, 2.75) is 84.6 Å².